The Balaban J connectivity index is 2.41. The zero-order chi connectivity index (χ0) is 13.0. The molecule has 5 nitrogen and oxygen atoms in total. The molecule has 1 heterocycles. The fourth-order valence-electron chi connectivity index (χ4n) is 1.78. The highest BCUT2D eigenvalue weighted by molar-refractivity contribution is 5.33. The molecule has 1 atom stereocenters. The number of methoxy groups -OCH3 is 1. The van der Waals surface area contributed by atoms with Gasteiger partial charge in [-0.05, 0) is 12.5 Å². The van der Waals surface area contributed by atoms with E-state index in [-0.39, 0.29) is 6.04 Å². The van der Waals surface area contributed by atoms with Crippen LogP contribution in [0.5, 0.6) is 5.88 Å². The van der Waals surface area contributed by atoms with Gasteiger partial charge in [-0.15, -0.1) is 0 Å². The fraction of sp³-hybridized carbons (Fsp3) is 0.231. The predicted molar refractivity (Wildman–Crippen MR) is 68.9 cm³/mol. The molecular formula is C13H16N4O. The van der Waals surface area contributed by atoms with Crippen LogP contribution in [0.2, 0.25) is 0 Å². The Morgan fingerprint density at radius 1 is 1.17 bits per heavy atom. The van der Waals surface area contributed by atoms with Gasteiger partial charge < -0.3 is 4.74 Å². The maximum absolute atomic E-state index is 5.63. The third kappa shape index (κ3) is 2.47. The molecule has 5 heteroatoms. The number of nitrogens with two attached hydrogens (primary N) is 1. The second-order valence-electron chi connectivity index (χ2n) is 3.96. The van der Waals surface area contributed by atoms with Crippen molar-refractivity contribution in [3.8, 4) is 5.88 Å². The Morgan fingerprint density at radius 3 is 2.44 bits per heavy atom. The van der Waals surface area contributed by atoms with E-state index in [4.69, 9.17) is 10.6 Å². The Labute approximate surface area is 106 Å². The van der Waals surface area contributed by atoms with Gasteiger partial charge in [0.15, 0.2) is 0 Å². The predicted octanol–water partition coefficient (Wildman–Crippen LogP) is 1.35. The summed E-state index contributed by atoms with van der Waals surface area (Å²) in [5.41, 5.74) is 5.63. The molecule has 0 spiro atoms. The third-order valence-corrected chi connectivity index (χ3v) is 2.74. The van der Waals surface area contributed by atoms with Gasteiger partial charge in [0, 0.05) is 12.4 Å². The molecule has 0 aliphatic carbocycles. The van der Waals surface area contributed by atoms with Crippen molar-refractivity contribution in [2.24, 2.45) is 5.84 Å². The van der Waals surface area contributed by atoms with Crippen LogP contribution in [-0.2, 0) is 0 Å². The molecule has 18 heavy (non-hydrogen) atoms. The lowest BCUT2D eigenvalue weighted by Gasteiger charge is -2.17. The van der Waals surface area contributed by atoms with Crippen molar-refractivity contribution in [3.63, 3.8) is 0 Å². The number of hydrogen-bond acceptors (Lipinski definition) is 5. The zero-order valence-corrected chi connectivity index (χ0v) is 10.4. The van der Waals surface area contributed by atoms with Gasteiger partial charge in [-0.25, -0.2) is 10.4 Å². The molecule has 0 bridgehead atoms. The minimum Gasteiger partial charge on any atom is -0.480 e. The van der Waals surface area contributed by atoms with Gasteiger partial charge in [-0.1, -0.05) is 29.8 Å². The summed E-state index contributed by atoms with van der Waals surface area (Å²) in [4.78, 5) is 8.42. The molecule has 1 aromatic heterocycles. The lowest BCUT2D eigenvalue weighted by Crippen LogP contribution is -2.30. The average Bonchev–Trinajstić information content (AvgIpc) is 2.42. The molecule has 0 radical (unpaired) electrons. The molecule has 94 valence electrons. The van der Waals surface area contributed by atoms with Crippen molar-refractivity contribution in [3.05, 3.63) is 53.5 Å². The van der Waals surface area contributed by atoms with Crippen LogP contribution in [0.4, 0.5) is 0 Å². The van der Waals surface area contributed by atoms with Crippen molar-refractivity contribution in [1.29, 1.82) is 0 Å². The Kier molecular flexibility index (Phi) is 3.86. The molecule has 0 saturated carbocycles. The first-order valence-corrected chi connectivity index (χ1v) is 5.64. The summed E-state index contributed by atoms with van der Waals surface area (Å²) < 4.78 is 5.20. The van der Waals surface area contributed by atoms with E-state index in [0.29, 0.717) is 11.6 Å². The summed E-state index contributed by atoms with van der Waals surface area (Å²) >= 11 is 0. The number of hydrazine groups is 1. The van der Waals surface area contributed by atoms with Gasteiger partial charge in [-0.2, -0.15) is 0 Å². The van der Waals surface area contributed by atoms with Crippen LogP contribution < -0.4 is 16.0 Å². The molecular weight excluding hydrogens is 228 g/mol. The van der Waals surface area contributed by atoms with E-state index in [1.54, 1.807) is 19.5 Å². The Hall–Kier alpha value is -1.98. The van der Waals surface area contributed by atoms with Gasteiger partial charge >= 0.3 is 0 Å². The van der Waals surface area contributed by atoms with E-state index in [9.17, 15) is 0 Å². The highest BCUT2D eigenvalue weighted by atomic mass is 16.5. The Morgan fingerprint density at radius 2 is 1.83 bits per heavy atom. The lowest BCUT2D eigenvalue weighted by molar-refractivity contribution is 0.383. The third-order valence-electron chi connectivity index (χ3n) is 2.74. The van der Waals surface area contributed by atoms with Crippen molar-refractivity contribution in [2.45, 2.75) is 13.0 Å². The Bertz CT molecular complexity index is 513. The summed E-state index contributed by atoms with van der Waals surface area (Å²) in [5.74, 6) is 6.10. The van der Waals surface area contributed by atoms with E-state index in [1.807, 2.05) is 31.2 Å². The van der Waals surface area contributed by atoms with Crippen LogP contribution in [0.3, 0.4) is 0 Å². The topological polar surface area (TPSA) is 73.1 Å². The molecule has 0 aliphatic rings. The lowest BCUT2D eigenvalue weighted by atomic mass is 10.0. The number of ether oxygens (including phenoxy) is 1. The van der Waals surface area contributed by atoms with Crippen LogP contribution in [0.25, 0.3) is 0 Å². The van der Waals surface area contributed by atoms with E-state index in [2.05, 4.69) is 15.4 Å². The van der Waals surface area contributed by atoms with Crippen molar-refractivity contribution in [1.82, 2.24) is 15.4 Å². The quantitative estimate of drug-likeness (QED) is 0.627. The van der Waals surface area contributed by atoms with Gasteiger partial charge in [0.2, 0.25) is 5.88 Å². The fourth-order valence-corrected chi connectivity index (χ4v) is 1.78. The molecule has 3 N–H and O–H groups in total. The van der Waals surface area contributed by atoms with Crippen molar-refractivity contribution < 1.29 is 4.74 Å². The minimum absolute atomic E-state index is 0.241. The first-order chi connectivity index (χ1) is 8.76. The van der Waals surface area contributed by atoms with E-state index in [0.717, 1.165) is 5.56 Å². The number of aryl methyl sites for hydroxylation is 1. The van der Waals surface area contributed by atoms with Crippen LogP contribution in [-0.4, -0.2) is 17.1 Å². The SMILES string of the molecule is COc1nccnc1C(NN)c1ccc(C)cc1. The smallest absolute Gasteiger partial charge is 0.237 e. The standard InChI is InChI=1S/C13H16N4O/c1-9-3-5-10(6-4-9)11(17-14)12-13(18-2)16-8-7-15-12/h3-8,11,17H,14H2,1-2H3. The van der Waals surface area contributed by atoms with Crippen molar-refractivity contribution in [2.75, 3.05) is 7.11 Å². The second kappa shape index (κ2) is 5.57. The molecule has 0 aliphatic heterocycles. The molecule has 1 unspecified atom stereocenters. The number of nitrogens with zero attached hydrogens (tertiary/aromatic N) is 2. The average molecular weight is 244 g/mol. The van der Waals surface area contributed by atoms with E-state index >= 15 is 0 Å². The number of rotatable bonds is 4. The molecule has 0 amide bonds. The highest BCUT2D eigenvalue weighted by Gasteiger charge is 2.18. The van der Waals surface area contributed by atoms with Crippen LogP contribution in [0.1, 0.15) is 22.9 Å². The summed E-state index contributed by atoms with van der Waals surface area (Å²) in [6, 6.07) is 7.83. The van der Waals surface area contributed by atoms with Gasteiger partial charge in [-0.3, -0.25) is 10.8 Å². The molecule has 0 fully saturated rings. The van der Waals surface area contributed by atoms with Crippen LogP contribution in [0, 0.1) is 6.92 Å². The first kappa shape index (κ1) is 12.5. The largest absolute Gasteiger partial charge is 0.480 e. The summed E-state index contributed by atoms with van der Waals surface area (Å²) in [6.45, 7) is 2.04. The molecule has 2 aromatic rings. The zero-order valence-electron chi connectivity index (χ0n) is 10.4. The molecule has 2 rings (SSSR count). The van der Waals surface area contributed by atoms with Crippen LogP contribution in [0.15, 0.2) is 36.7 Å². The maximum Gasteiger partial charge on any atom is 0.237 e. The van der Waals surface area contributed by atoms with E-state index < -0.39 is 0 Å². The number of hydrogen-bond donors (Lipinski definition) is 2. The summed E-state index contributed by atoms with van der Waals surface area (Å²) in [5, 5.41) is 0. The maximum atomic E-state index is 5.63. The first-order valence-electron chi connectivity index (χ1n) is 5.64. The van der Waals surface area contributed by atoms with Gasteiger partial charge in [0.25, 0.3) is 0 Å². The van der Waals surface area contributed by atoms with Crippen LogP contribution >= 0.6 is 0 Å². The monoisotopic (exact) mass is 244 g/mol. The highest BCUT2D eigenvalue weighted by Crippen LogP contribution is 2.25. The number of aromatic nitrogens is 2. The molecule has 0 saturated heterocycles. The van der Waals surface area contributed by atoms with Crippen molar-refractivity contribution >= 4 is 0 Å². The van der Waals surface area contributed by atoms with E-state index in [1.165, 1.54) is 5.56 Å². The summed E-state index contributed by atoms with van der Waals surface area (Å²) in [6.07, 6.45) is 3.21. The number of benzene rings is 1. The second-order valence-corrected chi connectivity index (χ2v) is 3.96. The minimum atomic E-state index is -0.241. The summed E-state index contributed by atoms with van der Waals surface area (Å²) in [7, 11) is 1.57. The number of nitrogens with one attached hydrogen (secondary N) is 1. The van der Waals surface area contributed by atoms with Gasteiger partial charge in [0.1, 0.15) is 5.69 Å². The molecule has 1 aromatic carbocycles. The van der Waals surface area contributed by atoms with Gasteiger partial charge in [0.05, 0.1) is 13.2 Å². The normalized spacial score (nSPS) is 12.2.